The molecule has 0 unspecified atom stereocenters. The summed E-state index contributed by atoms with van der Waals surface area (Å²) in [5.74, 6) is 0. The molecule has 0 heterocycles. The lowest BCUT2D eigenvalue weighted by atomic mass is 9.85. The lowest BCUT2D eigenvalue weighted by Crippen LogP contribution is -2.01. The Bertz CT molecular complexity index is 437. The second kappa shape index (κ2) is 6.24. The number of rotatable bonds is 4. The first kappa shape index (κ1) is 13.5. The zero-order valence-corrected chi connectivity index (χ0v) is 11.2. The average molecular weight is 226 g/mol. The van der Waals surface area contributed by atoms with Gasteiger partial charge in [-0.15, -0.1) is 0 Å². The molecule has 0 fully saturated rings. The van der Waals surface area contributed by atoms with Crippen LogP contribution in [0.25, 0.3) is 0 Å². The van der Waals surface area contributed by atoms with E-state index in [0.29, 0.717) is 0 Å². The van der Waals surface area contributed by atoms with E-state index in [0.717, 1.165) is 18.4 Å². The van der Waals surface area contributed by atoms with Crippen molar-refractivity contribution in [1.29, 1.82) is 0 Å². The molecule has 0 aliphatic heterocycles. The van der Waals surface area contributed by atoms with Crippen molar-refractivity contribution in [2.24, 2.45) is 0 Å². The Morgan fingerprint density at radius 1 is 1.24 bits per heavy atom. The van der Waals surface area contributed by atoms with Gasteiger partial charge < -0.3 is 0 Å². The zero-order valence-electron chi connectivity index (χ0n) is 11.2. The Morgan fingerprint density at radius 2 is 1.94 bits per heavy atom. The highest BCUT2D eigenvalue weighted by atomic mass is 14.2. The van der Waals surface area contributed by atoms with Gasteiger partial charge in [-0.25, -0.2) is 0 Å². The summed E-state index contributed by atoms with van der Waals surface area (Å²) in [6.45, 7) is 14.3. The van der Waals surface area contributed by atoms with Crippen LogP contribution in [0.2, 0.25) is 0 Å². The van der Waals surface area contributed by atoms with Gasteiger partial charge in [-0.05, 0) is 55.9 Å². The Balaban J connectivity index is 3.41. The van der Waals surface area contributed by atoms with E-state index in [2.05, 4.69) is 39.2 Å². The molecule has 0 bridgehead atoms. The monoisotopic (exact) mass is 226 g/mol. The minimum Gasteiger partial charge on any atom is -0.0984 e. The molecule has 17 heavy (non-hydrogen) atoms. The SMILES string of the molecule is C=CC(/C=C\C)=C(/C=C)C1=C(C)CCC=C1C. The predicted octanol–water partition coefficient (Wildman–Crippen LogP) is 5.29. The van der Waals surface area contributed by atoms with Crippen LogP contribution < -0.4 is 0 Å². The number of allylic oxidation sites excluding steroid dienone is 10. The van der Waals surface area contributed by atoms with Crippen molar-refractivity contribution < 1.29 is 0 Å². The van der Waals surface area contributed by atoms with Gasteiger partial charge in [0.15, 0.2) is 0 Å². The zero-order chi connectivity index (χ0) is 12.8. The molecule has 1 aliphatic rings. The van der Waals surface area contributed by atoms with E-state index >= 15 is 0 Å². The minimum absolute atomic E-state index is 1.14. The highest BCUT2D eigenvalue weighted by molar-refractivity contribution is 5.59. The van der Waals surface area contributed by atoms with Crippen LogP contribution in [0.5, 0.6) is 0 Å². The molecule has 0 aromatic heterocycles. The fourth-order valence-electron chi connectivity index (χ4n) is 2.32. The van der Waals surface area contributed by atoms with Crippen LogP contribution in [-0.4, -0.2) is 0 Å². The molecular formula is C17H22. The summed E-state index contributed by atoms with van der Waals surface area (Å²) in [6, 6.07) is 0. The van der Waals surface area contributed by atoms with E-state index < -0.39 is 0 Å². The van der Waals surface area contributed by atoms with Crippen LogP contribution in [0.15, 0.2) is 71.4 Å². The highest BCUT2D eigenvalue weighted by Gasteiger charge is 2.14. The third kappa shape index (κ3) is 2.97. The molecule has 0 heteroatoms. The van der Waals surface area contributed by atoms with Gasteiger partial charge in [0.25, 0.3) is 0 Å². The van der Waals surface area contributed by atoms with E-state index in [-0.39, 0.29) is 0 Å². The standard InChI is InChI=1S/C17H22/c1-6-10-15(7-2)16(8-3)17-13(4)11-9-12-14(17)5/h6-8,10-11H,2-3,9,12H2,1,4-5H3/b10-6-,16-15+. The number of hydrogen-bond acceptors (Lipinski definition) is 0. The van der Waals surface area contributed by atoms with E-state index in [9.17, 15) is 0 Å². The Morgan fingerprint density at radius 3 is 2.41 bits per heavy atom. The Labute approximate surface area is 105 Å². The normalized spacial score (nSPS) is 17.9. The molecule has 0 spiro atoms. The van der Waals surface area contributed by atoms with Gasteiger partial charge in [-0.1, -0.05) is 49.1 Å². The maximum Gasteiger partial charge on any atom is -0.0116 e. The Kier molecular flexibility index (Phi) is 4.96. The molecule has 0 aromatic carbocycles. The van der Waals surface area contributed by atoms with Crippen LogP contribution in [-0.2, 0) is 0 Å². The summed E-state index contributed by atoms with van der Waals surface area (Å²) in [5, 5.41) is 0. The maximum absolute atomic E-state index is 3.96. The second-order valence-corrected chi connectivity index (χ2v) is 4.36. The van der Waals surface area contributed by atoms with E-state index in [1.807, 2.05) is 25.2 Å². The van der Waals surface area contributed by atoms with Crippen LogP contribution in [0.1, 0.15) is 33.6 Å². The quantitative estimate of drug-likeness (QED) is 0.571. The molecule has 1 aliphatic carbocycles. The lowest BCUT2D eigenvalue weighted by molar-refractivity contribution is 0.924. The molecule has 0 saturated carbocycles. The van der Waals surface area contributed by atoms with Gasteiger partial charge in [0, 0.05) is 0 Å². The molecule has 0 N–H and O–H groups in total. The van der Waals surface area contributed by atoms with E-state index in [1.54, 1.807) is 0 Å². The largest absolute Gasteiger partial charge is 0.0984 e. The summed E-state index contributed by atoms with van der Waals surface area (Å²) in [6.07, 6.45) is 12.6. The first-order valence-corrected chi connectivity index (χ1v) is 6.14. The first-order chi connectivity index (χ1) is 8.15. The topological polar surface area (TPSA) is 0 Å². The van der Waals surface area contributed by atoms with Gasteiger partial charge in [0.05, 0.1) is 0 Å². The molecule has 0 atom stereocenters. The van der Waals surface area contributed by atoms with Crippen molar-refractivity contribution in [3.05, 3.63) is 71.4 Å². The third-order valence-corrected chi connectivity index (χ3v) is 3.14. The second-order valence-electron chi connectivity index (χ2n) is 4.36. The summed E-state index contributed by atoms with van der Waals surface area (Å²) < 4.78 is 0. The van der Waals surface area contributed by atoms with Gasteiger partial charge in [0.1, 0.15) is 0 Å². The highest BCUT2D eigenvalue weighted by Crippen LogP contribution is 2.32. The summed E-state index contributed by atoms with van der Waals surface area (Å²) in [7, 11) is 0. The maximum atomic E-state index is 3.96. The first-order valence-electron chi connectivity index (χ1n) is 6.14. The van der Waals surface area contributed by atoms with Gasteiger partial charge in [-0.3, -0.25) is 0 Å². The fourth-order valence-corrected chi connectivity index (χ4v) is 2.32. The van der Waals surface area contributed by atoms with Crippen LogP contribution in [0, 0.1) is 0 Å². The molecule has 0 radical (unpaired) electrons. The molecular weight excluding hydrogens is 204 g/mol. The van der Waals surface area contributed by atoms with Gasteiger partial charge >= 0.3 is 0 Å². The number of hydrogen-bond donors (Lipinski definition) is 0. The Hall–Kier alpha value is -1.56. The molecule has 0 aromatic rings. The summed E-state index contributed by atoms with van der Waals surface area (Å²) in [4.78, 5) is 0. The molecule has 0 saturated heterocycles. The lowest BCUT2D eigenvalue weighted by Gasteiger charge is -2.20. The van der Waals surface area contributed by atoms with Gasteiger partial charge in [-0.2, -0.15) is 0 Å². The molecule has 0 amide bonds. The van der Waals surface area contributed by atoms with Crippen molar-refractivity contribution in [2.45, 2.75) is 33.6 Å². The summed E-state index contributed by atoms with van der Waals surface area (Å²) in [5.41, 5.74) is 6.49. The van der Waals surface area contributed by atoms with Crippen molar-refractivity contribution in [2.75, 3.05) is 0 Å². The van der Waals surface area contributed by atoms with Crippen molar-refractivity contribution in [3.63, 3.8) is 0 Å². The van der Waals surface area contributed by atoms with Crippen molar-refractivity contribution in [1.82, 2.24) is 0 Å². The van der Waals surface area contributed by atoms with Crippen molar-refractivity contribution >= 4 is 0 Å². The van der Waals surface area contributed by atoms with Crippen LogP contribution in [0.3, 0.4) is 0 Å². The van der Waals surface area contributed by atoms with Crippen LogP contribution >= 0.6 is 0 Å². The van der Waals surface area contributed by atoms with E-state index in [4.69, 9.17) is 0 Å². The van der Waals surface area contributed by atoms with E-state index in [1.165, 1.54) is 22.3 Å². The van der Waals surface area contributed by atoms with Crippen molar-refractivity contribution in [3.8, 4) is 0 Å². The van der Waals surface area contributed by atoms with Gasteiger partial charge in [0.2, 0.25) is 0 Å². The smallest absolute Gasteiger partial charge is 0.0116 e. The predicted molar refractivity (Wildman–Crippen MR) is 77.9 cm³/mol. The average Bonchev–Trinajstić information content (AvgIpc) is 2.32. The summed E-state index contributed by atoms with van der Waals surface area (Å²) >= 11 is 0. The minimum atomic E-state index is 1.14. The molecule has 0 nitrogen and oxygen atoms in total. The fraction of sp³-hybridized carbons (Fsp3) is 0.294. The molecule has 1 rings (SSSR count). The molecule has 90 valence electrons. The third-order valence-electron chi connectivity index (χ3n) is 3.14. The van der Waals surface area contributed by atoms with Crippen LogP contribution in [0.4, 0.5) is 0 Å².